The van der Waals surface area contributed by atoms with E-state index >= 15 is 0 Å². The number of hydrogen-bond donors (Lipinski definition) is 0. The number of rotatable bonds is 6. The minimum Gasteiger partial charge on any atom is -0.496 e. The van der Waals surface area contributed by atoms with Gasteiger partial charge in [-0.05, 0) is 5.92 Å². The number of hydrogen-bond acceptors (Lipinski definition) is 4. The van der Waals surface area contributed by atoms with E-state index < -0.39 is 0 Å². The van der Waals surface area contributed by atoms with Crippen LogP contribution >= 0.6 is 11.6 Å². The maximum absolute atomic E-state index is 10.6. The van der Waals surface area contributed by atoms with E-state index in [1.54, 1.807) is 13.2 Å². The van der Waals surface area contributed by atoms with Crippen molar-refractivity contribution in [3.8, 4) is 17.2 Å². The van der Waals surface area contributed by atoms with Crippen molar-refractivity contribution in [2.24, 2.45) is 0 Å². The Labute approximate surface area is 112 Å². The molecule has 0 fully saturated rings. The molecule has 0 amide bonds. The van der Waals surface area contributed by atoms with Gasteiger partial charge in [0.2, 0.25) is 0 Å². The maximum atomic E-state index is 10.6. The highest BCUT2D eigenvalue weighted by Crippen LogP contribution is 2.46. The van der Waals surface area contributed by atoms with Gasteiger partial charge in [-0.2, -0.15) is 0 Å². The van der Waals surface area contributed by atoms with Crippen molar-refractivity contribution in [3.63, 3.8) is 0 Å². The molecule has 1 unspecified atom stereocenters. The highest BCUT2D eigenvalue weighted by atomic mass is 35.5. The normalized spacial score (nSPS) is 11.8. The SMILES string of the molecule is COc1cc(OC)c(C(C)CC=O)c(Cl)c1OC. The van der Waals surface area contributed by atoms with Gasteiger partial charge < -0.3 is 19.0 Å². The minimum atomic E-state index is -0.0512. The van der Waals surface area contributed by atoms with E-state index in [0.29, 0.717) is 28.7 Å². The van der Waals surface area contributed by atoms with E-state index in [2.05, 4.69) is 0 Å². The molecular formula is C13H17ClO4. The number of carbonyl (C=O) groups excluding carboxylic acids is 1. The van der Waals surface area contributed by atoms with E-state index in [1.807, 2.05) is 6.92 Å². The van der Waals surface area contributed by atoms with Crippen molar-refractivity contribution in [2.45, 2.75) is 19.3 Å². The molecule has 0 aliphatic heterocycles. The Morgan fingerprint density at radius 3 is 2.28 bits per heavy atom. The van der Waals surface area contributed by atoms with Crippen molar-refractivity contribution in [2.75, 3.05) is 21.3 Å². The lowest BCUT2D eigenvalue weighted by Crippen LogP contribution is -2.03. The van der Waals surface area contributed by atoms with Crippen LogP contribution in [0, 0.1) is 0 Å². The van der Waals surface area contributed by atoms with Gasteiger partial charge in [-0.25, -0.2) is 0 Å². The first-order chi connectivity index (χ1) is 8.60. The van der Waals surface area contributed by atoms with Crippen LogP contribution in [0.1, 0.15) is 24.8 Å². The highest BCUT2D eigenvalue weighted by molar-refractivity contribution is 6.33. The molecule has 1 aromatic carbocycles. The van der Waals surface area contributed by atoms with Gasteiger partial charge in [0.1, 0.15) is 12.0 Å². The van der Waals surface area contributed by atoms with Crippen molar-refractivity contribution in [3.05, 3.63) is 16.7 Å². The summed E-state index contributed by atoms with van der Waals surface area (Å²) in [6.07, 6.45) is 1.22. The summed E-state index contributed by atoms with van der Waals surface area (Å²) in [7, 11) is 4.60. The van der Waals surface area contributed by atoms with Crippen molar-refractivity contribution >= 4 is 17.9 Å². The first-order valence-corrected chi connectivity index (χ1v) is 5.90. The van der Waals surface area contributed by atoms with E-state index in [-0.39, 0.29) is 5.92 Å². The molecule has 1 rings (SSSR count). The fourth-order valence-electron chi connectivity index (χ4n) is 1.83. The van der Waals surface area contributed by atoms with Crippen LogP contribution in [-0.2, 0) is 4.79 Å². The summed E-state index contributed by atoms with van der Waals surface area (Å²) in [5.74, 6) is 1.49. The fourth-order valence-corrected chi connectivity index (χ4v) is 2.28. The van der Waals surface area contributed by atoms with Gasteiger partial charge in [-0.1, -0.05) is 18.5 Å². The Bertz CT molecular complexity index is 431. The molecule has 0 bridgehead atoms. The molecule has 0 heterocycles. The maximum Gasteiger partial charge on any atom is 0.179 e. The first kappa shape index (κ1) is 14.6. The van der Waals surface area contributed by atoms with Crippen LogP contribution in [0.15, 0.2) is 6.07 Å². The molecule has 0 aromatic heterocycles. The molecule has 4 nitrogen and oxygen atoms in total. The number of halogens is 1. The van der Waals surface area contributed by atoms with Crippen LogP contribution in [0.2, 0.25) is 5.02 Å². The Kier molecular flexibility index (Phi) is 5.28. The number of ether oxygens (including phenoxy) is 3. The quantitative estimate of drug-likeness (QED) is 0.747. The fraction of sp³-hybridized carbons (Fsp3) is 0.462. The van der Waals surface area contributed by atoms with Gasteiger partial charge in [0.25, 0.3) is 0 Å². The summed E-state index contributed by atoms with van der Waals surface area (Å²) in [6, 6.07) is 1.71. The third-order valence-electron chi connectivity index (χ3n) is 2.77. The lowest BCUT2D eigenvalue weighted by molar-refractivity contribution is -0.108. The lowest BCUT2D eigenvalue weighted by atomic mass is 9.96. The summed E-state index contributed by atoms with van der Waals surface area (Å²) >= 11 is 6.31. The predicted octanol–water partition coefficient (Wildman–Crippen LogP) is 3.06. The molecular weight excluding hydrogens is 256 g/mol. The molecule has 1 atom stereocenters. The molecule has 0 N–H and O–H groups in total. The number of aldehydes is 1. The Hall–Kier alpha value is -1.42. The zero-order valence-corrected chi connectivity index (χ0v) is 11.7. The van der Waals surface area contributed by atoms with Crippen LogP contribution in [0.4, 0.5) is 0 Å². The molecule has 0 aliphatic rings. The summed E-state index contributed by atoms with van der Waals surface area (Å²) in [6.45, 7) is 1.91. The minimum absolute atomic E-state index is 0.0512. The molecule has 18 heavy (non-hydrogen) atoms. The van der Waals surface area contributed by atoms with Crippen LogP contribution in [0.25, 0.3) is 0 Å². The smallest absolute Gasteiger partial charge is 0.179 e. The molecule has 0 spiro atoms. The topological polar surface area (TPSA) is 44.8 Å². The summed E-state index contributed by atoms with van der Waals surface area (Å²) in [4.78, 5) is 10.6. The van der Waals surface area contributed by atoms with Crippen LogP contribution in [0.5, 0.6) is 17.2 Å². The van der Waals surface area contributed by atoms with Crippen molar-refractivity contribution in [1.29, 1.82) is 0 Å². The second-order valence-corrected chi connectivity index (χ2v) is 4.22. The van der Waals surface area contributed by atoms with Gasteiger partial charge >= 0.3 is 0 Å². The number of methoxy groups -OCH3 is 3. The largest absolute Gasteiger partial charge is 0.496 e. The summed E-state index contributed by atoms with van der Waals surface area (Å²) in [5.41, 5.74) is 0.754. The molecule has 100 valence electrons. The molecule has 0 aliphatic carbocycles. The Morgan fingerprint density at radius 2 is 1.83 bits per heavy atom. The second-order valence-electron chi connectivity index (χ2n) is 3.85. The molecule has 5 heteroatoms. The standard InChI is InChI=1S/C13H17ClO4/c1-8(5-6-15)11-9(16-2)7-10(17-3)13(18-4)12(11)14/h6-8H,5H2,1-4H3. The molecule has 1 aromatic rings. The van der Waals surface area contributed by atoms with Crippen molar-refractivity contribution in [1.82, 2.24) is 0 Å². The van der Waals surface area contributed by atoms with Gasteiger partial charge in [-0.15, -0.1) is 0 Å². The third-order valence-corrected chi connectivity index (χ3v) is 3.15. The summed E-state index contributed by atoms with van der Waals surface area (Å²) < 4.78 is 15.7. The second kappa shape index (κ2) is 6.50. The Morgan fingerprint density at radius 1 is 1.22 bits per heavy atom. The number of benzene rings is 1. The molecule has 0 saturated heterocycles. The van der Waals surface area contributed by atoms with Crippen LogP contribution < -0.4 is 14.2 Å². The number of carbonyl (C=O) groups is 1. The summed E-state index contributed by atoms with van der Waals surface area (Å²) in [5, 5.41) is 0.419. The zero-order chi connectivity index (χ0) is 13.7. The van der Waals surface area contributed by atoms with Gasteiger partial charge in [0.05, 0.1) is 26.4 Å². The lowest BCUT2D eigenvalue weighted by Gasteiger charge is -2.19. The molecule has 0 saturated carbocycles. The van der Waals surface area contributed by atoms with Crippen LogP contribution in [0.3, 0.4) is 0 Å². The van der Waals surface area contributed by atoms with Crippen LogP contribution in [-0.4, -0.2) is 27.6 Å². The first-order valence-electron chi connectivity index (χ1n) is 5.52. The van der Waals surface area contributed by atoms with E-state index in [4.69, 9.17) is 25.8 Å². The van der Waals surface area contributed by atoms with Gasteiger partial charge in [-0.3, -0.25) is 0 Å². The zero-order valence-electron chi connectivity index (χ0n) is 11.0. The predicted molar refractivity (Wildman–Crippen MR) is 70.2 cm³/mol. The highest BCUT2D eigenvalue weighted by Gasteiger charge is 2.22. The average molecular weight is 273 g/mol. The monoisotopic (exact) mass is 272 g/mol. The average Bonchev–Trinajstić information content (AvgIpc) is 2.37. The van der Waals surface area contributed by atoms with E-state index in [1.165, 1.54) is 14.2 Å². The van der Waals surface area contributed by atoms with E-state index in [9.17, 15) is 4.79 Å². The van der Waals surface area contributed by atoms with E-state index in [0.717, 1.165) is 11.8 Å². The van der Waals surface area contributed by atoms with Crippen molar-refractivity contribution < 1.29 is 19.0 Å². The van der Waals surface area contributed by atoms with Gasteiger partial charge in [0, 0.05) is 18.1 Å². The molecule has 0 radical (unpaired) electrons. The van der Waals surface area contributed by atoms with Gasteiger partial charge in [0.15, 0.2) is 11.5 Å². The Balaban J connectivity index is 3.43. The third kappa shape index (κ3) is 2.70.